The van der Waals surface area contributed by atoms with Crippen LogP contribution in [-0.4, -0.2) is 20.2 Å². The molecule has 0 aromatic heterocycles. The average Bonchev–Trinajstić information content (AvgIpc) is 1.78. The second kappa shape index (κ2) is 4.60. The molecular weight excluding hydrogens is 144 g/mol. The van der Waals surface area contributed by atoms with Crippen LogP contribution in [0.4, 0.5) is 12.9 Å². The van der Waals surface area contributed by atoms with Crippen molar-refractivity contribution >= 4 is 6.98 Å². The minimum absolute atomic E-state index is 0.0946. The Labute approximate surface area is 58.6 Å². The van der Waals surface area contributed by atoms with E-state index in [-0.39, 0.29) is 13.0 Å². The Bertz CT molecular complexity index is 83.5. The second-order valence-electron chi connectivity index (χ2n) is 2.05. The average molecular weight is 155 g/mol. The molecule has 0 aromatic carbocycles. The summed E-state index contributed by atoms with van der Waals surface area (Å²) < 4.78 is 39.2. The van der Waals surface area contributed by atoms with E-state index in [1.54, 1.807) is 6.92 Å². The Morgan fingerprint density at radius 1 is 1.30 bits per heavy atom. The Balaban J connectivity index is 3.04. The first-order chi connectivity index (χ1) is 4.56. The van der Waals surface area contributed by atoms with E-state index in [9.17, 15) is 12.9 Å². The number of hydrogen-bond acceptors (Lipinski definition) is 1. The van der Waals surface area contributed by atoms with Gasteiger partial charge in [-0.15, -0.1) is 0 Å². The van der Waals surface area contributed by atoms with Gasteiger partial charge in [0.15, 0.2) is 0 Å². The topological polar surface area (TPSA) is 9.23 Å². The highest BCUT2D eigenvalue weighted by atomic mass is 19.4. The van der Waals surface area contributed by atoms with Crippen molar-refractivity contribution in [2.75, 3.05) is 13.2 Å². The van der Waals surface area contributed by atoms with Crippen LogP contribution in [0.25, 0.3) is 0 Å². The molecule has 0 heterocycles. The summed E-state index contributed by atoms with van der Waals surface area (Å²) in [6.45, 7) is -2.12. The van der Waals surface area contributed by atoms with Gasteiger partial charge in [-0.1, -0.05) is 12.7 Å². The van der Waals surface area contributed by atoms with E-state index >= 15 is 0 Å². The Hall–Kier alpha value is -0.185. The standard InChI is InChI=1S/C5H11BF3O/c1-2-10-5-3-4-6(7,8)9/h2-5H2,1H3/q-1. The molecule has 0 amide bonds. The molecule has 0 aliphatic heterocycles. The third-order valence-electron chi connectivity index (χ3n) is 1.02. The normalized spacial score (nSPS) is 12.0. The van der Waals surface area contributed by atoms with Crippen LogP contribution < -0.4 is 0 Å². The van der Waals surface area contributed by atoms with Crippen molar-refractivity contribution in [3.05, 3.63) is 0 Å². The molecule has 10 heavy (non-hydrogen) atoms. The van der Waals surface area contributed by atoms with Crippen LogP contribution in [0.3, 0.4) is 0 Å². The largest absolute Gasteiger partial charge is 0.478 e. The third kappa shape index (κ3) is 7.81. The van der Waals surface area contributed by atoms with Gasteiger partial charge in [0.25, 0.3) is 0 Å². The first-order valence-electron chi connectivity index (χ1n) is 3.35. The summed E-state index contributed by atoms with van der Waals surface area (Å²) in [4.78, 5) is 0. The summed E-state index contributed by atoms with van der Waals surface area (Å²) >= 11 is 0. The fourth-order valence-corrected chi connectivity index (χ4v) is 0.561. The molecule has 0 bridgehead atoms. The van der Waals surface area contributed by atoms with Crippen LogP contribution in [0.15, 0.2) is 0 Å². The fraction of sp³-hybridized carbons (Fsp3) is 1.00. The van der Waals surface area contributed by atoms with Gasteiger partial charge in [0, 0.05) is 13.2 Å². The number of rotatable bonds is 5. The molecule has 0 atom stereocenters. The molecule has 0 saturated heterocycles. The van der Waals surface area contributed by atoms with Gasteiger partial charge in [-0.25, -0.2) is 0 Å². The third-order valence-corrected chi connectivity index (χ3v) is 1.02. The lowest BCUT2D eigenvalue weighted by Gasteiger charge is -2.12. The highest BCUT2D eigenvalue weighted by molar-refractivity contribution is 6.58. The van der Waals surface area contributed by atoms with Gasteiger partial charge in [0.1, 0.15) is 0 Å². The van der Waals surface area contributed by atoms with E-state index in [4.69, 9.17) is 4.74 Å². The lowest BCUT2D eigenvalue weighted by atomic mass is 9.85. The van der Waals surface area contributed by atoms with Crippen molar-refractivity contribution < 1.29 is 17.7 Å². The van der Waals surface area contributed by atoms with Gasteiger partial charge >= 0.3 is 6.98 Å². The maximum atomic E-state index is 11.5. The summed E-state index contributed by atoms with van der Waals surface area (Å²) in [5, 5.41) is 0. The quantitative estimate of drug-likeness (QED) is 0.437. The molecule has 0 aliphatic rings. The molecule has 0 spiro atoms. The predicted octanol–water partition coefficient (Wildman–Crippen LogP) is 2.26. The van der Waals surface area contributed by atoms with Gasteiger partial charge in [-0.3, -0.25) is 0 Å². The van der Waals surface area contributed by atoms with Crippen LogP contribution in [-0.2, 0) is 4.74 Å². The minimum atomic E-state index is -4.60. The molecule has 5 heteroatoms. The fourth-order valence-electron chi connectivity index (χ4n) is 0.561. The molecule has 0 saturated carbocycles. The van der Waals surface area contributed by atoms with Crippen LogP contribution in [0.1, 0.15) is 13.3 Å². The lowest BCUT2D eigenvalue weighted by molar-refractivity contribution is 0.146. The highest BCUT2D eigenvalue weighted by Gasteiger charge is 2.21. The molecular formula is C5H11BF3O-. The molecule has 0 N–H and O–H groups in total. The van der Waals surface area contributed by atoms with Gasteiger partial charge < -0.3 is 17.7 Å². The van der Waals surface area contributed by atoms with Gasteiger partial charge in [-0.05, 0) is 6.92 Å². The van der Waals surface area contributed by atoms with Crippen molar-refractivity contribution in [1.82, 2.24) is 0 Å². The van der Waals surface area contributed by atoms with Crippen molar-refractivity contribution in [3.63, 3.8) is 0 Å². The van der Waals surface area contributed by atoms with E-state index < -0.39 is 13.3 Å². The lowest BCUT2D eigenvalue weighted by Crippen LogP contribution is -2.14. The molecule has 0 unspecified atom stereocenters. The zero-order chi connectivity index (χ0) is 8.04. The summed E-state index contributed by atoms with van der Waals surface area (Å²) in [5.41, 5.74) is 0. The van der Waals surface area contributed by atoms with Crippen LogP contribution >= 0.6 is 0 Å². The Morgan fingerprint density at radius 3 is 2.30 bits per heavy atom. The van der Waals surface area contributed by atoms with Gasteiger partial charge in [0.2, 0.25) is 0 Å². The van der Waals surface area contributed by atoms with Crippen molar-refractivity contribution in [2.45, 2.75) is 19.7 Å². The first kappa shape index (κ1) is 9.81. The van der Waals surface area contributed by atoms with Crippen LogP contribution in [0, 0.1) is 0 Å². The number of halogens is 3. The van der Waals surface area contributed by atoms with Gasteiger partial charge in [0.05, 0.1) is 0 Å². The van der Waals surface area contributed by atoms with Crippen molar-refractivity contribution in [3.8, 4) is 0 Å². The summed E-state index contributed by atoms with van der Waals surface area (Å²) in [6, 6.07) is 0. The molecule has 0 aliphatic carbocycles. The second-order valence-corrected chi connectivity index (χ2v) is 2.05. The molecule has 0 rings (SSSR count). The zero-order valence-corrected chi connectivity index (χ0v) is 5.95. The summed E-state index contributed by atoms with van der Waals surface area (Å²) in [6.07, 6.45) is -0.586. The van der Waals surface area contributed by atoms with E-state index in [0.29, 0.717) is 6.61 Å². The van der Waals surface area contributed by atoms with Crippen molar-refractivity contribution in [2.24, 2.45) is 0 Å². The first-order valence-corrected chi connectivity index (χ1v) is 3.35. The molecule has 0 aromatic rings. The number of ether oxygens (including phenoxy) is 1. The van der Waals surface area contributed by atoms with Crippen molar-refractivity contribution in [1.29, 1.82) is 0 Å². The Kier molecular flexibility index (Phi) is 4.52. The van der Waals surface area contributed by atoms with Crippen LogP contribution in [0.2, 0.25) is 6.32 Å². The molecule has 1 nitrogen and oxygen atoms in total. The van der Waals surface area contributed by atoms with E-state index in [0.717, 1.165) is 0 Å². The monoisotopic (exact) mass is 155 g/mol. The number of hydrogen-bond donors (Lipinski definition) is 0. The summed E-state index contributed by atoms with van der Waals surface area (Å²) in [5.74, 6) is 0. The van der Waals surface area contributed by atoms with Gasteiger partial charge in [-0.2, -0.15) is 0 Å². The minimum Gasteiger partial charge on any atom is -0.449 e. The van der Waals surface area contributed by atoms with E-state index in [1.165, 1.54) is 0 Å². The molecule has 62 valence electrons. The smallest absolute Gasteiger partial charge is 0.449 e. The Morgan fingerprint density at radius 2 is 1.90 bits per heavy atom. The zero-order valence-electron chi connectivity index (χ0n) is 5.95. The maximum absolute atomic E-state index is 11.5. The maximum Gasteiger partial charge on any atom is 0.478 e. The summed E-state index contributed by atoms with van der Waals surface area (Å²) in [7, 11) is 0. The molecule has 0 fully saturated rings. The van der Waals surface area contributed by atoms with E-state index in [2.05, 4.69) is 0 Å². The van der Waals surface area contributed by atoms with E-state index in [1.807, 2.05) is 0 Å². The predicted molar refractivity (Wildman–Crippen MR) is 35.0 cm³/mol. The molecule has 0 radical (unpaired) electrons. The van der Waals surface area contributed by atoms with Crippen LogP contribution in [0.5, 0.6) is 0 Å². The SMILES string of the molecule is CCOCCC[B-](F)(F)F. The highest BCUT2D eigenvalue weighted by Crippen LogP contribution is 2.16.